The summed E-state index contributed by atoms with van der Waals surface area (Å²) in [6.45, 7) is 1.49. The molecular formula is C19H14Cl2N2O2S. The second-order valence-corrected chi connectivity index (χ2v) is 7.42. The van der Waals surface area contributed by atoms with Crippen LogP contribution in [0, 0.1) is 0 Å². The van der Waals surface area contributed by atoms with Gasteiger partial charge in [0.2, 0.25) is 5.91 Å². The van der Waals surface area contributed by atoms with Crippen molar-refractivity contribution in [3.63, 3.8) is 0 Å². The third-order valence-electron chi connectivity index (χ3n) is 3.61. The van der Waals surface area contributed by atoms with Crippen LogP contribution in [0.1, 0.15) is 22.2 Å². The summed E-state index contributed by atoms with van der Waals surface area (Å²) in [4.78, 5) is 29.2. The number of hydrogen-bond donors (Lipinski definition) is 1. The van der Waals surface area contributed by atoms with Crippen molar-refractivity contribution >= 4 is 51.4 Å². The molecule has 1 N–H and O–H groups in total. The van der Waals surface area contributed by atoms with E-state index < -0.39 is 0 Å². The molecule has 0 saturated carbocycles. The first-order valence-electron chi connectivity index (χ1n) is 7.75. The number of amides is 1. The van der Waals surface area contributed by atoms with Gasteiger partial charge in [0.15, 0.2) is 10.9 Å². The first-order chi connectivity index (χ1) is 12.4. The molecule has 0 aliphatic heterocycles. The predicted molar refractivity (Wildman–Crippen MR) is 106 cm³/mol. The molecule has 7 heteroatoms. The Bertz CT molecular complexity index is 971. The highest BCUT2D eigenvalue weighted by molar-refractivity contribution is 7.18. The van der Waals surface area contributed by atoms with Gasteiger partial charge in [-0.05, 0) is 17.7 Å². The Labute approximate surface area is 164 Å². The van der Waals surface area contributed by atoms with Crippen LogP contribution in [-0.2, 0) is 11.2 Å². The summed E-state index contributed by atoms with van der Waals surface area (Å²) in [6.07, 6.45) is 0.0889. The number of rotatable bonds is 5. The van der Waals surface area contributed by atoms with Crippen molar-refractivity contribution in [3.05, 3.63) is 69.0 Å². The first kappa shape index (κ1) is 18.6. The lowest BCUT2D eigenvalue weighted by Gasteiger charge is -2.04. The van der Waals surface area contributed by atoms with Crippen LogP contribution in [0.4, 0.5) is 5.13 Å². The van der Waals surface area contributed by atoms with Crippen LogP contribution >= 0.6 is 34.5 Å². The normalized spacial score (nSPS) is 10.6. The minimum absolute atomic E-state index is 0.0889. The van der Waals surface area contributed by atoms with Gasteiger partial charge in [-0.3, -0.25) is 9.59 Å². The van der Waals surface area contributed by atoms with E-state index in [-0.39, 0.29) is 18.1 Å². The third-order valence-corrected chi connectivity index (χ3v) is 5.27. The molecule has 0 aliphatic rings. The first-order valence-corrected chi connectivity index (χ1v) is 9.32. The summed E-state index contributed by atoms with van der Waals surface area (Å²) in [6, 6.07) is 14.4. The van der Waals surface area contributed by atoms with Crippen LogP contribution in [-0.4, -0.2) is 16.7 Å². The summed E-state index contributed by atoms with van der Waals surface area (Å²) in [7, 11) is 0. The monoisotopic (exact) mass is 404 g/mol. The zero-order chi connectivity index (χ0) is 18.7. The van der Waals surface area contributed by atoms with Gasteiger partial charge in [-0.25, -0.2) is 4.98 Å². The van der Waals surface area contributed by atoms with Crippen molar-refractivity contribution in [2.75, 3.05) is 5.32 Å². The number of hydrogen-bond acceptors (Lipinski definition) is 4. The van der Waals surface area contributed by atoms with Crippen LogP contribution < -0.4 is 5.32 Å². The van der Waals surface area contributed by atoms with Gasteiger partial charge in [0.05, 0.1) is 17.0 Å². The van der Waals surface area contributed by atoms with Gasteiger partial charge in [0.1, 0.15) is 0 Å². The Kier molecular flexibility index (Phi) is 5.71. The number of carbonyl (C=O) groups is 2. The molecular weight excluding hydrogens is 391 g/mol. The maximum absolute atomic E-state index is 12.3. The molecule has 0 atom stereocenters. The summed E-state index contributed by atoms with van der Waals surface area (Å²) in [5, 5.41) is 4.06. The molecule has 0 fully saturated rings. The molecule has 1 amide bonds. The van der Waals surface area contributed by atoms with E-state index in [0.717, 1.165) is 16.9 Å². The Balaban J connectivity index is 1.81. The van der Waals surface area contributed by atoms with Crippen LogP contribution in [0.2, 0.25) is 10.0 Å². The maximum atomic E-state index is 12.3. The Morgan fingerprint density at radius 1 is 1.12 bits per heavy atom. The molecule has 0 radical (unpaired) electrons. The molecule has 0 aliphatic carbocycles. The van der Waals surface area contributed by atoms with Gasteiger partial charge in [-0.15, -0.1) is 0 Å². The fourth-order valence-corrected chi connectivity index (χ4v) is 3.78. The molecule has 3 rings (SSSR count). The summed E-state index contributed by atoms with van der Waals surface area (Å²) >= 11 is 13.1. The fourth-order valence-electron chi connectivity index (χ4n) is 2.41. The number of benzene rings is 2. The van der Waals surface area contributed by atoms with Gasteiger partial charge in [-0.1, -0.05) is 70.9 Å². The molecule has 2 aromatic carbocycles. The van der Waals surface area contributed by atoms with Crippen molar-refractivity contribution in [2.24, 2.45) is 0 Å². The van der Waals surface area contributed by atoms with E-state index in [1.807, 2.05) is 30.3 Å². The largest absolute Gasteiger partial charge is 0.302 e. The molecule has 3 aromatic rings. The highest BCUT2D eigenvalue weighted by Crippen LogP contribution is 2.31. The summed E-state index contributed by atoms with van der Waals surface area (Å²) < 4.78 is 0. The number of nitrogens with zero attached hydrogens (tertiary/aromatic N) is 1. The molecule has 0 saturated heterocycles. The van der Waals surface area contributed by atoms with Crippen LogP contribution in [0.5, 0.6) is 0 Å². The highest BCUT2D eigenvalue weighted by atomic mass is 35.5. The number of ketones is 1. The molecule has 0 spiro atoms. The van der Waals surface area contributed by atoms with Crippen molar-refractivity contribution in [1.29, 1.82) is 0 Å². The van der Waals surface area contributed by atoms with E-state index in [1.54, 1.807) is 18.2 Å². The Morgan fingerprint density at radius 3 is 2.50 bits per heavy atom. The zero-order valence-electron chi connectivity index (χ0n) is 13.8. The zero-order valence-corrected chi connectivity index (χ0v) is 16.1. The Hall–Kier alpha value is -2.21. The van der Waals surface area contributed by atoms with Crippen molar-refractivity contribution in [2.45, 2.75) is 13.3 Å². The van der Waals surface area contributed by atoms with Crippen molar-refractivity contribution in [3.8, 4) is 11.3 Å². The minimum Gasteiger partial charge on any atom is -0.302 e. The minimum atomic E-state index is -0.266. The average Bonchev–Trinajstić information content (AvgIpc) is 3.02. The van der Waals surface area contributed by atoms with E-state index in [4.69, 9.17) is 23.2 Å². The summed E-state index contributed by atoms with van der Waals surface area (Å²) in [5.74, 6) is -0.361. The number of carbonyl (C=O) groups excluding carboxylic acids is 2. The quantitative estimate of drug-likeness (QED) is 0.570. The lowest BCUT2D eigenvalue weighted by molar-refractivity contribution is -0.115. The second kappa shape index (κ2) is 7.99. The van der Waals surface area contributed by atoms with Gasteiger partial charge in [0, 0.05) is 22.5 Å². The number of nitrogens with one attached hydrogen (secondary N) is 1. The van der Waals surface area contributed by atoms with E-state index in [2.05, 4.69) is 10.3 Å². The Morgan fingerprint density at radius 2 is 1.85 bits per heavy atom. The standard InChI is InChI=1S/C19H14Cl2N2O2S/c1-11(24)18-17(12-5-3-2-4-6-12)23-19(26-18)22-16(25)9-13-7-8-14(20)10-15(13)21/h2-8,10H,9H2,1H3,(H,22,23,25). The molecule has 1 aromatic heterocycles. The second-order valence-electron chi connectivity index (χ2n) is 5.58. The van der Waals surface area contributed by atoms with Crippen molar-refractivity contribution < 1.29 is 9.59 Å². The van der Waals surface area contributed by atoms with E-state index in [1.165, 1.54) is 6.92 Å². The predicted octanol–water partition coefficient (Wildman–Crippen LogP) is 5.50. The number of aromatic nitrogens is 1. The maximum Gasteiger partial charge on any atom is 0.230 e. The number of halogens is 2. The van der Waals surface area contributed by atoms with Gasteiger partial charge >= 0.3 is 0 Å². The molecule has 132 valence electrons. The topological polar surface area (TPSA) is 59.1 Å². The van der Waals surface area contributed by atoms with E-state index in [9.17, 15) is 9.59 Å². The van der Waals surface area contributed by atoms with Crippen LogP contribution in [0.25, 0.3) is 11.3 Å². The molecule has 0 unspecified atom stereocenters. The third kappa shape index (κ3) is 4.30. The van der Waals surface area contributed by atoms with Crippen molar-refractivity contribution in [1.82, 2.24) is 4.98 Å². The van der Waals surface area contributed by atoms with Crippen LogP contribution in [0.3, 0.4) is 0 Å². The number of anilines is 1. The molecule has 26 heavy (non-hydrogen) atoms. The average molecular weight is 405 g/mol. The number of Topliss-reactive ketones (excluding diaryl/α,β-unsaturated/α-hetero) is 1. The van der Waals surface area contributed by atoms with Gasteiger partial charge in [0.25, 0.3) is 0 Å². The van der Waals surface area contributed by atoms with E-state index in [0.29, 0.717) is 31.3 Å². The molecule has 0 bridgehead atoms. The molecule has 1 heterocycles. The van der Waals surface area contributed by atoms with E-state index >= 15 is 0 Å². The van der Waals surface area contributed by atoms with Crippen LogP contribution in [0.15, 0.2) is 48.5 Å². The van der Waals surface area contributed by atoms with Gasteiger partial charge < -0.3 is 5.32 Å². The highest BCUT2D eigenvalue weighted by Gasteiger charge is 2.18. The number of thiazole rings is 1. The smallest absolute Gasteiger partial charge is 0.230 e. The SMILES string of the molecule is CC(=O)c1sc(NC(=O)Cc2ccc(Cl)cc2Cl)nc1-c1ccccc1. The fraction of sp³-hybridized carbons (Fsp3) is 0.105. The lowest BCUT2D eigenvalue weighted by atomic mass is 10.1. The summed E-state index contributed by atoms with van der Waals surface area (Å²) in [5.41, 5.74) is 2.07. The molecule has 4 nitrogen and oxygen atoms in total. The van der Waals surface area contributed by atoms with Gasteiger partial charge in [-0.2, -0.15) is 0 Å². The lowest BCUT2D eigenvalue weighted by Crippen LogP contribution is -2.14.